The first-order valence-corrected chi connectivity index (χ1v) is 9.04. The van der Waals surface area contributed by atoms with Crippen molar-refractivity contribution < 1.29 is 0 Å². The van der Waals surface area contributed by atoms with E-state index in [1.54, 1.807) is 0 Å². The Morgan fingerprint density at radius 1 is 0.950 bits per heavy atom. The Morgan fingerprint density at radius 2 is 1.70 bits per heavy atom. The number of nitrogens with zero attached hydrogens (tertiary/aromatic N) is 1. The van der Waals surface area contributed by atoms with E-state index < -0.39 is 0 Å². The number of unbranched alkanes of at least 4 members (excludes halogenated alkanes) is 5. The molecule has 1 heteroatoms. The standard InChI is InChI=1S/C19H33N/c1-3-4-5-6-7-8-9-13-18-15-16-19-14-11-10-12-17(2)20(18)19/h1,17-19H,4-16H2,2H3/t17-,18+,19?/m0/s1. The van der Waals surface area contributed by atoms with Gasteiger partial charge in [-0.25, -0.2) is 0 Å². The van der Waals surface area contributed by atoms with Crippen molar-refractivity contribution >= 4 is 0 Å². The summed E-state index contributed by atoms with van der Waals surface area (Å²) in [5.41, 5.74) is 0. The highest BCUT2D eigenvalue weighted by molar-refractivity contribution is 4.92. The predicted molar refractivity (Wildman–Crippen MR) is 87.7 cm³/mol. The highest BCUT2D eigenvalue weighted by Gasteiger charge is 2.36. The van der Waals surface area contributed by atoms with Gasteiger partial charge in [0.25, 0.3) is 0 Å². The van der Waals surface area contributed by atoms with Crippen LogP contribution in [-0.2, 0) is 0 Å². The number of rotatable bonds is 7. The summed E-state index contributed by atoms with van der Waals surface area (Å²) in [5, 5.41) is 0. The topological polar surface area (TPSA) is 3.24 Å². The zero-order valence-electron chi connectivity index (χ0n) is 13.4. The van der Waals surface area contributed by atoms with Crippen molar-refractivity contribution in [1.82, 2.24) is 4.90 Å². The third kappa shape index (κ3) is 4.52. The summed E-state index contributed by atoms with van der Waals surface area (Å²) in [6.07, 6.45) is 23.2. The molecule has 0 aromatic rings. The fraction of sp³-hybridized carbons (Fsp3) is 0.895. The smallest absolute Gasteiger partial charge is 0.0102 e. The maximum absolute atomic E-state index is 5.28. The average Bonchev–Trinajstić information content (AvgIpc) is 2.76. The second-order valence-corrected chi connectivity index (χ2v) is 6.98. The first-order valence-electron chi connectivity index (χ1n) is 9.04. The minimum absolute atomic E-state index is 0.839. The second kappa shape index (κ2) is 8.73. The van der Waals surface area contributed by atoms with Gasteiger partial charge in [0.05, 0.1) is 0 Å². The number of terminal acetylenes is 1. The molecule has 0 radical (unpaired) electrons. The Balaban J connectivity index is 1.64. The lowest BCUT2D eigenvalue weighted by molar-refractivity contribution is 0.132. The van der Waals surface area contributed by atoms with Crippen molar-refractivity contribution in [3.63, 3.8) is 0 Å². The average molecular weight is 275 g/mol. The second-order valence-electron chi connectivity index (χ2n) is 6.98. The Kier molecular flexibility index (Phi) is 6.94. The van der Waals surface area contributed by atoms with Crippen LogP contribution in [0.4, 0.5) is 0 Å². The van der Waals surface area contributed by atoms with Crippen molar-refractivity contribution in [3.05, 3.63) is 0 Å². The third-order valence-corrected chi connectivity index (χ3v) is 5.45. The van der Waals surface area contributed by atoms with Gasteiger partial charge in [-0.05, 0) is 45.4 Å². The Labute approximate surface area is 126 Å². The van der Waals surface area contributed by atoms with Crippen LogP contribution in [0.1, 0.15) is 90.4 Å². The molecule has 2 aliphatic heterocycles. The molecule has 0 aromatic carbocycles. The number of hydrogen-bond donors (Lipinski definition) is 0. The maximum atomic E-state index is 5.28. The van der Waals surface area contributed by atoms with Gasteiger partial charge < -0.3 is 0 Å². The van der Waals surface area contributed by atoms with E-state index in [1.807, 2.05) is 0 Å². The highest BCUT2D eigenvalue weighted by Crippen LogP contribution is 2.36. The van der Waals surface area contributed by atoms with Crippen molar-refractivity contribution in [2.75, 3.05) is 0 Å². The van der Waals surface area contributed by atoms with Crippen LogP contribution in [0.3, 0.4) is 0 Å². The zero-order valence-corrected chi connectivity index (χ0v) is 13.4. The molecule has 0 aliphatic carbocycles. The van der Waals surface area contributed by atoms with E-state index in [2.05, 4.69) is 17.7 Å². The summed E-state index contributed by atoms with van der Waals surface area (Å²) in [5.74, 6) is 2.74. The van der Waals surface area contributed by atoms with Crippen LogP contribution in [0, 0.1) is 12.3 Å². The zero-order chi connectivity index (χ0) is 14.2. The molecule has 0 spiro atoms. The van der Waals surface area contributed by atoms with Gasteiger partial charge in [0, 0.05) is 24.5 Å². The Bertz CT molecular complexity index is 303. The molecule has 2 aliphatic rings. The molecule has 2 fully saturated rings. The lowest BCUT2D eigenvalue weighted by Crippen LogP contribution is -2.41. The largest absolute Gasteiger partial charge is 0.295 e. The molecule has 0 bridgehead atoms. The molecular formula is C19H33N. The summed E-state index contributed by atoms with van der Waals surface area (Å²) in [7, 11) is 0. The fourth-order valence-electron chi connectivity index (χ4n) is 4.39. The molecule has 2 saturated heterocycles. The van der Waals surface area contributed by atoms with E-state index in [-0.39, 0.29) is 0 Å². The molecule has 2 heterocycles. The van der Waals surface area contributed by atoms with Crippen LogP contribution in [0.25, 0.3) is 0 Å². The van der Waals surface area contributed by atoms with Gasteiger partial charge in [-0.15, -0.1) is 12.3 Å². The lowest BCUT2D eigenvalue weighted by atomic mass is 10.0. The molecule has 20 heavy (non-hydrogen) atoms. The van der Waals surface area contributed by atoms with Crippen molar-refractivity contribution in [2.24, 2.45) is 0 Å². The summed E-state index contributed by atoms with van der Waals surface area (Å²) in [6.45, 7) is 2.47. The fourth-order valence-corrected chi connectivity index (χ4v) is 4.39. The first kappa shape index (κ1) is 15.9. The van der Waals surface area contributed by atoms with Crippen molar-refractivity contribution in [2.45, 2.75) is 109 Å². The molecule has 1 nitrogen and oxygen atoms in total. The Hall–Kier alpha value is -0.480. The predicted octanol–water partition coefficient (Wildman–Crippen LogP) is 5.15. The molecule has 0 amide bonds. The van der Waals surface area contributed by atoms with E-state index in [1.165, 1.54) is 77.0 Å². The van der Waals surface area contributed by atoms with Gasteiger partial charge >= 0.3 is 0 Å². The molecule has 1 unspecified atom stereocenters. The van der Waals surface area contributed by atoms with E-state index in [4.69, 9.17) is 6.42 Å². The number of hydrogen-bond acceptors (Lipinski definition) is 1. The van der Waals surface area contributed by atoms with Crippen LogP contribution in [0.2, 0.25) is 0 Å². The monoisotopic (exact) mass is 275 g/mol. The van der Waals surface area contributed by atoms with Crippen LogP contribution in [-0.4, -0.2) is 23.0 Å². The van der Waals surface area contributed by atoms with Gasteiger partial charge in [-0.3, -0.25) is 4.90 Å². The molecule has 2 rings (SSSR count). The molecule has 0 saturated carbocycles. The Morgan fingerprint density at radius 3 is 2.55 bits per heavy atom. The summed E-state index contributed by atoms with van der Waals surface area (Å²) in [6, 6.07) is 2.66. The molecule has 3 atom stereocenters. The number of fused-ring (bicyclic) bond motifs is 1. The summed E-state index contributed by atoms with van der Waals surface area (Å²) < 4.78 is 0. The van der Waals surface area contributed by atoms with E-state index in [0.29, 0.717) is 0 Å². The van der Waals surface area contributed by atoms with Crippen molar-refractivity contribution in [1.29, 1.82) is 0 Å². The normalized spacial score (nSPS) is 30.7. The van der Waals surface area contributed by atoms with Gasteiger partial charge in [-0.1, -0.05) is 38.5 Å². The first-order chi connectivity index (χ1) is 9.83. The van der Waals surface area contributed by atoms with Crippen LogP contribution >= 0.6 is 0 Å². The minimum atomic E-state index is 0.839. The summed E-state index contributed by atoms with van der Waals surface area (Å²) in [4.78, 5) is 2.91. The van der Waals surface area contributed by atoms with Gasteiger partial charge in [-0.2, -0.15) is 0 Å². The van der Waals surface area contributed by atoms with Gasteiger partial charge in [0.15, 0.2) is 0 Å². The van der Waals surface area contributed by atoms with Crippen molar-refractivity contribution in [3.8, 4) is 12.3 Å². The van der Waals surface area contributed by atoms with Crippen LogP contribution in [0.5, 0.6) is 0 Å². The minimum Gasteiger partial charge on any atom is -0.295 e. The van der Waals surface area contributed by atoms with E-state index >= 15 is 0 Å². The molecule has 0 N–H and O–H groups in total. The molecular weight excluding hydrogens is 242 g/mol. The highest BCUT2D eigenvalue weighted by atomic mass is 15.2. The molecule has 114 valence electrons. The summed E-state index contributed by atoms with van der Waals surface area (Å²) >= 11 is 0. The lowest BCUT2D eigenvalue weighted by Gasteiger charge is -2.34. The van der Waals surface area contributed by atoms with Crippen LogP contribution < -0.4 is 0 Å². The van der Waals surface area contributed by atoms with Crippen LogP contribution in [0.15, 0.2) is 0 Å². The van der Waals surface area contributed by atoms with Gasteiger partial charge in [0.1, 0.15) is 0 Å². The third-order valence-electron chi connectivity index (χ3n) is 5.45. The SMILES string of the molecule is C#CCCCCCCC[C@@H]1CCC2CCCC[C@H](C)N21. The quantitative estimate of drug-likeness (QED) is 0.459. The van der Waals surface area contributed by atoms with Gasteiger partial charge in [0.2, 0.25) is 0 Å². The maximum Gasteiger partial charge on any atom is 0.0102 e. The van der Waals surface area contributed by atoms with E-state index in [9.17, 15) is 0 Å². The van der Waals surface area contributed by atoms with E-state index in [0.717, 1.165) is 24.5 Å². The molecule has 0 aromatic heterocycles.